The van der Waals surface area contributed by atoms with Gasteiger partial charge in [-0.3, -0.25) is 4.79 Å². The third-order valence-electron chi connectivity index (χ3n) is 2.11. The van der Waals surface area contributed by atoms with Gasteiger partial charge in [-0.1, -0.05) is 27.5 Å². The summed E-state index contributed by atoms with van der Waals surface area (Å²) in [6.45, 7) is 1.97. The molecule has 0 unspecified atom stereocenters. The molecule has 1 aromatic rings. The zero-order chi connectivity index (χ0) is 13.0. The fourth-order valence-electron chi connectivity index (χ4n) is 1.36. The van der Waals surface area contributed by atoms with Gasteiger partial charge in [-0.05, 0) is 19.1 Å². The highest BCUT2D eigenvalue weighted by Crippen LogP contribution is 2.28. The van der Waals surface area contributed by atoms with Crippen LogP contribution in [0.5, 0.6) is 0 Å². The first-order valence-corrected chi connectivity index (χ1v) is 6.18. The maximum absolute atomic E-state index is 13.7. The lowest BCUT2D eigenvalue weighted by atomic mass is 10.0. The van der Waals surface area contributed by atoms with E-state index in [-0.39, 0.29) is 23.6 Å². The first-order valence-electron chi connectivity index (χ1n) is 5.01. The average molecular weight is 325 g/mol. The summed E-state index contributed by atoms with van der Waals surface area (Å²) in [6, 6.07) is 2.16. The molecule has 1 atom stereocenters. The molecule has 6 heteroatoms. The van der Waals surface area contributed by atoms with E-state index >= 15 is 0 Å². The number of benzene rings is 1. The number of carbonyl (C=O) groups excluding carboxylic acids is 1. The minimum atomic E-state index is -0.774. The van der Waals surface area contributed by atoms with Crippen LogP contribution in [0, 0.1) is 5.82 Å². The molecule has 0 radical (unpaired) electrons. The van der Waals surface area contributed by atoms with E-state index < -0.39 is 17.8 Å². The lowest BCUT2D eigenvalue weighted by Gasteiger charge is -2.13. The average Bonchev–Trinajstić information content (AvgIpc) is 2.23. The molecule has 17 heavy (non-hydrogen) atoms. The third-order valence-corrected chi connectivity index (χ3v) is 2.85. The Bertz CT molecular complexity index is 428. The summed E-state index contributed by atoms with van der Waals surface area (Å²) in [5, 5.41) is -0.0336. The third kappa shape index (κ3) is 3.94. The minimum Gasteiger partial charge on any atom is -0.466 e. The van der Waals surface area contributed by atoms with Gasteiger partial charge in [-0.2, -0.15) is 0 Å². The van der Waals surface area contributed by atoms with E-state index in [1.165, 1.54) is 12.1 Å². The quantitative estimate of drug-likeness (QED) is 0.683. The summed E-state index contributed by atoms with van der Waals surface area (Å²) in [4.78, 5) is 11.2. The van der Waals surface area contributed by atoms with Crippen LogP contribution in [0.3, 0.4) is 0 Å². The van der Waals surface area contributed by atoms with E-state index in [0.29, 0.717) is 4.47 Å². The number of ether oxygens (including phenoxy) is 1. The van der Waals surface area contributed by atoms with Crippen LogP contribution in [-0.4, -0.2) is 12.6 Å². The van der Waals surface area contributed by atoms with Crippen LogP contribution in [0.25, 0.3) is 0 Å². The SMILES string of the molecule is CCOC(=O)C[C@H](N)c1cc(Br)cc(Cl)c1F. The van der Waals surface area contributed by atoms with Gasteiger partial charge < -0.3 is 10.5 Å². The smallest absolute Gasteiger partial charge is 0.307 e. The summed E-state index contributed by atoms with van der Waals surface area (Å²) in [5.74, 6) is -1.07. The van der Waals surface area contributed by atoms with Crippen molar-refractivity contribution in [2.45, 2.75) is 19.4 Å². The lowest BCUT2D eigenvalue weighted by Crippen LogP contribution is -2.18. The number of hydrogen-bond donors (Lipinski definition) is 1. The van der Waals surface area contributed by atoms with Gasteiger partial charge in [0.25, 0.3) is 0 Å². The largest absolute Gasteiger partial charge is 0.466 e. The van der Waals surface area contributed by atoms with Gasteiger partial charge in [0.1, 0.15) is 5.82 Å². The molecule has 0 saturated heterocycles. The fraction of sp³-hybridized carbons (Fsp3) is 0.364. The number of rotatable bonds is 4. The van der Waals surface area contributed by atoms with Crippen molar-refractivity contribution < 1.29 is 13.9 Å². The second-order valence-electron chi connectivity index (χ2n) is 3.41. The Balaban J connectivity index is 2.88. The summed E-state index contributed by atoms with van der Waals surface area (Å²) < 4.78 is 19.0. The van der Waals surface area contributed by atoms with E-state index in [4.69, 9.17) is 22.1 Å². The van der Waals surface area contributed by atoms with E-state index in [1.54, 1.807) is 6.92 Å². The molecule has 94 valence electrons. The van der Waals surface area contributed by atoms with Crippen molar-refractivity contribution in [1.82, 2.24) is 0 Å². The Morgan fingerprint density at radius 3 is 2.88 bits per heavy atom. The topological polar surface area (TPSA) is 52.3 Å². The highest BCUT2D eigenvalue weighted by Gasteiger charge is 2.18. The summed E-state index contributed by atoms with van der Waals surface area (Å²) in [6.07, 6.45) is -0.0858. The van der Waals surface area contributed by atoms with Crippen molar-refractivity contribution in [1.29, 1.82) is 0 Å². The van der Waals surface area contributed by atoms with Crippen LogP contribution in [-0.2, 0) is 9.53 Å². The van der Waals surface area contributed by atoms with Gasteiger partial charge in [-0.15, -0.1) is 0 Å². The zero-order valence-electron chi connectivity index (χ0n) is 9.17. The van der Waals surface area contributed by atoms with E-state index in [1.807, 2.05) is 0 Å². The molecule has 0 aliphatic carbocycles. The van der Waals surface area contributed by atoms with Crippen molar-refractivity contribution in [3.05, 3.63) is 33.0 Å². The van der Waals surface area contributed by atoms with Crippen molar-refractivity contribution in [2.75, 3.05) is 6.61 Å². The number of esters is 1. The molecule has 0 saturated carbocycles. The van der Waals surface area contributed by atoms with Crippen LogP contribution in [0.15, 0.2) is 16.6 Å². The van der Waals surface area contributed by atoms with Gasteiger partial charge >= 0.3 is 5.97 Å². The Morgan fingerprint density at radius 1 is 1.65 bits per heavy atom. The van der Waals surface area contributed by atoms with Gasteiger partial charge in [0.2, 0.25) is 0 Å². The molecule has 0 aromatic heterocycles. The monoisotopic (exact) mass is 323 g/mol. The van der Waals surface area contributed by atoms with E-state index in [9.17, 15) is 9.18 Å². The molecule has 0 spiro atoms. The van der Waals surface area contributed by atoms with Crippen molar-refractivity contribution in [3.63, 3.8) is 0 Å². The molecular formula is C11H12BrClFNO2. The van der Waals surface area contributed by atoms with Gasteiger partial charge in [0.15, 0.2) is 0 Å². The van der Waals surface area contributed by atoms with Crippen molar-refractivity contribution in [3.8, 4) is 0 Å². The first kappa shape index (κ1) is 14.4. The second-order valence-corrected chi connectivity index (χ2v) is 4.73. The predicted octanol–water partition coefficient (Wildman–Crippen LogP) is 3.19. The number of nitrogens with two attached hydrogens (primary N) is 1. The molecule has 0 aliphatic rings. The predicted molar refractivity (Wildman–Crippen MR) is 67.3 cm³/mol. The maximum Gasteiger partial charge on any atom is 0.307 e. The Morgan fingerprint density at radius 2 is 2.29 bits per heavy atom. The summed E-state index contributed by atoms with van der Waals surface area (Å²) >= 11 is 8.87. The molecule has 0 amide bonds. The van der Waals surface area contributed by atoms with Gasteiger partial charge in [0.05, 0.1) is 18.1 Å². The number of hydrogen-bond acceptors (Lipinski definition) is 3. The van der Waals surface area contributed by atoms with Crippen LogP contribution in [0.1, 0.15) is 24.9 Å². The van der Waals surface area contributed by atoms with Crippen molar-refractivity contribution in [2.24, 2.45) is 5.73 Å². The molecule has 0 bridgehead atoms. The second kappa shape index (κ2) is 6.33. The molecular weight excluding hydrogens is 312 g/mol. The number of halogens is 3. The molecule has 2 N–H and O–H groups in total. The lowest BCUT2D eigenvalue weighted by molar-refractivity contribution is -0.143. The fourth-order valence-corrected chi connectivity index (χ4v) is 2.19. The molecule has 0 aliphatic heterocycles. The molecule has 0 fully saturated rings. The molecule has 1 aromatic carbocycles. The maximum atomic E-state index is 13.7. The van der Waals surface area contributed by atoms with Gasteiger partial charge in [0, 0.05) is 16.1 Å². The van der Waals surface area contributed by atoms with Crippen LogP contribution in [0.4, 0.5) is 4.39 Å². The first-order chi connectivity index (χ1) is 7.95. The minimum absolute atomic E-state index is 0.0336. The Hall–Kier alpha value is -0.650. The summed E-state index contributed by atoms with van der Waals surface area (Å²) in [5.41, 5.74) is 5.94. The van der Waals surface area contributed by atoms with Crippen LogP contribution < -0.4 is 5.73 Å². The Labute approximate surface area is 112 Å². The zero-order valence-corrected chi connectivity index (χ0v) is 11.5. The van der Waals surface area contributed by atoms with E-state index in [0.717, 1.165) is 0 Å². The van der Waals surface area contributed by atoms with E-state index in [2.05, 4.69) is 15.9 Å². The standard InChI is InChI=1S/C11H12BrClFNO2/c1-2-17-10(16)5-9(15)7-3-6(12)4-8(13)11(7)14/h3-4,9H,2,5,15H2,1H3/t9-/m0/s1. The van der Waals surface area contributed by atoms with Crippen molar-refractivity contribution >= 4 is 33.5 Å². The molecule has 1 rings (SSSR count). The highest BCUT2D eigenvalue weighted by molar-refractivity contribution is 9.10. The Kier molecular flexibility index (Phi) is 5.36. The highest BCUT2D eigenvalue weighted by atomic mass is 79.9. The van der Waals surface area contributed by atoms with Crippen LogP contribution >= 0.6 is 27.5 Å². The molecule has 3 nitrogen and oxygen atoms in total. The molecule has 0 heterocycles. The van der Waals surface area contributed by atoms with Gasteiger partial charge in [-0.25, -0.2) is 4.39 Å². The normalized spacial score (nSPS) is 12.3. The number of carbonyl (C=O) groups is 1. The summed E-state index contributed by atoms with van der Waals surface area (Å²) in [7, 11) is 0. The van der Waals surface area contributed by atoms with Crippen LogP contribution in [0.2, 0.25) is 5.02 Å².